The molecule has 0 saturated heterocycles. The third-order valence-corrected chi connectivity index (χ3v) is 5.62. The Hall–Kier alpha value is -1.19. The monoisotopic (exact) mass is 284 g/mol. The van der Waals surface area contributed by atoms with Gasteiger partial charge in [-0.3, -0.25) is 0 Å². The van der Waals surface area contributed by atoms with E-state index in [1.54, 1.807) is 0 Å². The van der Waals surface area contributed by atoms with Crippen LogP contribution in [0.4, 0.5) is 0 Å². The van der Waals surface area contributed by atoms with Crippen molar-refractivity contribution in [2.24, 2.45) is 0 Å². The van der Waals surface area contributed by atoms with Crippen molar-refractivity contribution in [2.45, 2.75) is 51.1 Å². The zero-order valence-corrected chi connectivity index (χ0v) is 12.7. The second-order valence-electron chi connectivity index (χ2n) is 5.89. The topological polar surface area (TPSA) is 24.9 Å². The molecule has 0 spiro atoms. The fourth-order valence-corrected chi connectivity index (χ4v) is 4.19. The third kappa shape index (κ3) is 2.19. The number of nitrogens with zero attached hydrogens (tertiary/aromatic N) is 1. The first-order chi connectivity index (χ1) is 9.85. The summed E-state index contributed by atoms with van der Waals surface area (Å²) in [5.74, 6) is 0.552. The van der Waals surface area contributed by atoms with Gasteiger partial charge < -0.3 is 5.32 Å². The number of aromatic nitrogens is 1. The van der Waals surface area contributed by atoms with Gasteiger partial charge in [-0.1, -0.05) is 31.2 Å². The first-order valence-corrected chi connectivity index (χ1v) is 8.46. The molecule has 0 amide bonds. The van der Waals surface area contributed by atoms with Crippen LogP contribution in [0.15, 0.2) is 24.3 Å². The molecule has 1 saturated carbocycles. The summed E-state index contributed by atoms with van der Waals surface area (Å²) in [5.41, 5.74) is 4.30. The average Bonchev–Trinajstić information content (AvgIpc) is 3.18. The zero-order valence-electron chi connectivity index (χ0n) is 11.9. The summed E-state index contributed by atoms with van der Waals surface area (Å²) in [6.07, 6.45) is 4.92. The maximum Gasteiger partial charge on any atom is 0.101 e. The second kappa shape index (κ2) is 4.97. The van der Waals surface area contributed by atoms with E-state index >= 15 is 0 Å². The molecular weight excluding hydrogens is 264 g/mol. The van der Waals surface area contributed by atoms with Gasteiger partial charge in [-0.05, 0) is 36.8 Å². The van der Waals surface area contributed by atoms with Gasteiger partial charge in [-0.2, -0.15) is 0 Å². The number of hydrogen-bond donors (Lipinski definition) is 1. The largest absolute Gasteiger partial charge is 0.309 e. The molecule has 1 N–H and O–H groups in total. The standard InChI is InChI=1S/C17H20N2S/c1-2-15-16(10-18-12-7-8-12)20-17(19-15)14-9-11-5-3-4-6-13(11)14/h3-6,12,14,18H,2,7-10H2,1H3. The molecule has 2 aromatic rings. The molecule has 1 atom stereocenters. The van der Waals surface area contributed by atoms with Crippen LogP contribution in [0.5, 0.6) is 0 Å². The van der Waals surface area contributed by atoms with E-state index in [0.717, 1.165) is 19.0 Å². The predicted molar refractivity (Wildman–Crippen MR) is 83.3 cm³/mol. The van der Waals surface area contributed by atoms with E-state index in [2.05, 4.69) is 36.5 Å². The maximum absolute atomic E-state index is 4.93. The SMILES string of the molecule is CCc1nc(C2Cc3ccccc32)sc1CNC1CC1. The zero-order chi connectivity index (χ0) is 13.5. The van der Waals surface area contributed by atoms with Crippen LogP contribution in [0, 0.1) is 0 Å². The molecule has 1 heterocycles. The van der Waals surface area contributed by atoms with Crippen molar-refractivity contribution in [3.63, 3.8) is 0 Å². The Bertz CT molecular complexity index is 628. The first-order valence-electron chi connectivity index (χ1n) is 7.64. The van der Waals surface area contributed by atoms with Gasteiger partial charge in [0.15, 0.2) is 0 Å². The Balaban J connectivity index is 1.56. The molecular formula is C17H20N2S. The normalized spacial score (nSPS) is 20.6. The lowest BCUT2D eigenvalue weighted by Gasteiger charge is -2.28. The smallest absolute Gasteiger partial charge is 0.101 e. The molecule has 1 fully saturated rings. The lowest BCUT2D eigenvalue weighted by atomic mass is 9.78. The molecule has 1 unspecified atom stereocenters. The summed E-state index contributed by atoms with van der Waals surface area (Å²) in [6, 6.07) is 9.57. The minimum atomic E-state index is 0.552. The third-order valence-electron chi connectivity index (χ3n) is 4.41. The summed E-state index contributed by atoms with van der Waals surface area (Å²) >= 11 is 1.93. The van der Waals surface area contributed by atoms with Crippen LogP contribution in [-0.2, 0) is 19.4 Å². The highest BCUT2D eigenvalue weighted by Crippen LogP contribution is 2.42. The summed E-state index contributed by atoms with van der Waals surface area (Å²) < 4.78 is 0. The minimum Gasteiger partial charge on any atom is -0.309 e. The molecule has 0 bridgehead atoms. The lowest BCUT2D eigenvalue weighted by Crippen LogP contribution is -2.17. The number of rotatable bonds is 5. The predicted octanol–water partition coefficient (Wildman–Crippen LogP) is 3.65. The minimum absolute atomic E-state index is 0.552. The van der Waals surface area contributed by atoms with Crippen LogP contribution in [0.25, 0.3) is 0 Å². The van der Waals surface area contributed by atoms with Gasteiger partial charge in [0.05, 0.1) is 5.69 Å². The van der Waals surface area contributed by atoms with Crippen LogP contribution in [-0.4, -0.2) is 11.0 Å². The van der Waals surface area contributed by atoms with Crippen LogP contribution in [0.1, 0.15) is 52.4 Å². The number of nitrogens with one attached hydrogen (secondary N) is 1. The van der Waals surface area contributed by atoms with Crippen molar-refractivity contribution in [3.8, 4) is 0 Å². The van der Waals surface area contributed by atoms with Gasteiger partial charge >= 0.3 is 0 Å². The summed E-state index contributed by atoms with van der Waals surface area (Å²) in [4.78, 5) is 6.38. The van der Waals surface area contributed by atoms with E-state index in [1.165, 1.54) is 46.0 Å². The highest BCUT2D eigenvalue weighted by Gasteiger charge is 2.30. The summed E-state index contributed by atoms with van der Waals surface area (Å²) in [6.45, 7) is 3.23. The van der Waals surface area contributed by atoms with Crippen molar-refractivity contribution >= 4 is 11.3 Å². The van der Waals surface area contributed by atoms with Crippen molar-refractivity contribution in [2.75, 3.05) is 0 Å². The summed E-state index contributed by atoms with van der Waals surface area (Å²) in [7, 11) is 0. The van der Waals surface area contributed by atoms with E-state index in [9.17, 15) is 0 Å². The molecule has 0 aliphatic heterocycles. The number of aryl methyl sites for hydroxylation is 1. The number of fused-ring (bicyclic) bond motifs is 1. The molecule has 3 heteroatoms. The maximum atomic E-state index is 4.93. The van der Waals surface area contributed by atoms with E-state index < -0.39 is 0 Å². The molecule has 4 rings (SSSR count). The Morgan fingerprint density at radius 3 is 2.90 bits per heavy atom. The highest BCUT2D eigenvalue weighted by molar-refractivity contribution is 7.11. The van der Waals surface area contributed by atoms with E-state index in [4.69, 9.17) is 4.98 Å². The van der Waals surface area contributed by atoms with Crippen molar-refractivity contribution in [3.05, 3.63) is 51.0 Å². The number of benzene rings is 1. The van der Waals surface area contributed by atoms with Gasteiger partial charge in [-0.15, -0.1) is 11.3 Å². The van der Waals surface area contributed by atoms with Gasteiger partial charge in [0.25, 0.3) is 0 Å². The fraction of sp³-hybridized carbons (Fsp3) is 0.471. The van der Waals surface area contributed by atoms with E-state index in [0.29, 0.717) is 5.92 Å². The van der Waals surface area contributed by atoms with Gasteiger partial charge in [0.1, 0.15) is 5.01 Å². The van der Waals surface area contributed by atoms with Crippen LogP contribution in [0.2, 0.25) is 0 Å². The Kier molecular flexibility index (Phi) is 3.12. The molecule has 1 aromatic heterocycles. The fourth-order valence-electron chi connectivity index (χ4n) is 2.97. The number of thiazole rings is 1. The second-order valence-corrected chi connectivity index (χ2v) is 7.00. The Morgan fingerprint density at radius 1 is 1.30 bits per heavy atom. The molecule has 20 heavy (non-hydrogen) atoms. The van der Waals surface area contributed by atoms with Crippen molar-refractivity contribution in [1.82, 2.24) is 10.3 Å². The molecule has 2 aliphatic rings. The quantitative estimate of drug-likeness (QED) is 0.906. The molecule has 2 aliphatic carbocycles. The van der Waals surface area contributed by atoms with Crippen LogP contribution < -0.4 is 5.32 Å². The van der Waals surface area contributed by atoms with Crippen LogP contribution >= 0.6 is 11.3 Å². The van der Waals surface area contributed by atoms with E-state index in [1.807, 2.05) is 11.3 Å². The van der Waals surface area contributed by atoms with Crippen molar-refractivity contribution in [1.29, 1.82) is 0 Å². The van der Waals surface area contributed by atoms with Crippen LogP contribution in [0.3, 0.4) is 0 Å². The molecule has 104 valence electrons. The number of hydrogen-bond acceptors (Lipinski definition) is 3. The molecule has 0 radical (unpaired) electrons. The lowest BCUT2D eigenvalue weighted by molar-refractivity contribution is 0.686. The average molecular weight is 284 g/mol. The first kappa shape index (κ1) is 12.5. The van der Waals surface area contributed by atoms with E-state index in [-0.39, 0.29) is 0 Å². The van der Waals surface area contributed by atoms with Gasteiger partial charge in [0.2, 0.25) is 0 Å². The molecule has 2 nitrogen and oxygen atoms in total. The van der Waals surface area contributed by atoms with Gasteiger partial charge in [-0.25, -0.2) is 4.98 Å². The summed E-state index contributed by atoms with van der Waals surface area (Å²) in [5, 5.41) is 4.95. The highest BCUT2D eigenvalue weighted by atomic mass is 32.1. The van der Waals surface area contributed by atoms with Gasteiger partial charge in [0, 0.05) is 23.4 Å². The van der Waals surface area contributed by atoms with Crippen molar-refractivity contribution < 1.29 is 0 Å². The Morgan fingerprint density at radius 2 is 2.15 bits per heavy atom. The Labute approximate surface area is 124 Å². The molecule has 1 aromatic carbocycles.